The summed E-state index contributed by atoms with van der Waals surface area (Å²) in [5.41, 5.74) is 3.06. The zero-order valence-corrected chi connectivity index (χ0v) is 17.2. The van der Waals surface area contributed by atoms with Crippen LogP contribution in [0.4, 0.5) is 5.69 Å². The Balaban J connectivity index is 0.000000537. The molecule has 0 bridgehead atoms. The van der Waals surface area contributed by atoms with E-state index in [0.29, 0.717) is 12.6 Å². The van der Waals surface area contributed by atoms with Crippen LogP contribution in [0.3, 0.4) is 0 Å². The lowest BCUT2D eigenvalue weighted by molar-refractivity contribution is -1.92. The third kappa shape index (κ3) is 8.91. The first kappa shape index (κ1) is 23.3. The summed E-state index contributed by atoms with van der Waals surface area (Å²) in [4.78, 5) is 14.7. The molecule has 0 unspecified atom stereocenters. The summed E-state index contributed by atoms with van der Waals surface area (Å²) in [5, 5.41) is 3.10. The van der Waals surface area contributed by atoms with Crippen molar-refractivity contribution >= 4 is 11.6 Å². The van der Waals surface area contributed by atoms with E-state index in [1.165, 1.54) is 32.1 Å². The lowest BCUT2D eigenvalue weighted by Gasteiger charge is -2.30. The van der Waals surface area contributed by atoms with E-state index in [9.17, 15) is 4.79 Å². The number of anilines is 1. The Morgan fingerprint density at radius 1 is 1.03 bits per heavy atom. The van der Waals surface area contributed by atoms with Gasteiger partial charge >= 0.3 is 0 Å². The molecule has 7 nitrogen and oxygen atoms in total. The summed E-state index contributed by atoms with van der Waals surface area (Å²) in [7, 11) is -2.63. The van der Waals surface area contributed by atoms with E-state index in [1.807, 2.05) is 36.4 Å². The predicted molar refractivity (Wildman–Crippen MR) is 102 cm³/mol. The van der Waals surface area contributed by atoms with Crippen LogP contribution in [0.25, 0.3) is 11.1 Å². The topological polar surface area (TPSA) is 122 Å². The van der Waals surface area contributed by atoms with Gasteiger partial charge in [-0.1, -0.05) is 67.8 Å². The number of nitrogens with zero attached hydrogens (tertiary/aromatic N) is 1. The quantitative estimate of drug-likeness (QED) is 0.720. The second kappa shape index (κ2) is 11.3. The number of likely N-dealkylation sites (N-methyl/N-ethyl adjacent to an activating group) is 1. The van der Waals surface area contributed by atoms with Gasteiger partial charge in [0.15, 0.2) is 0 Å². The molecule has 1 amide bonds. The first-order chi connectivity index (χ1) is 13.7. The maximum atomic E-state index is 12.5. The Morgan fingerprint density at radius 2 is 1.59 bits per heavy atom. The van der Waals surface area contributed by atoms with Crippen molar-refractivity contribution in [1.82, 2.24) is 4.90 Å². The van der Waals surface area contributed by atoms with Crippen LogP contribution in [-0.2, 0) is 4.79 Å². The summed E-state index contributed by atoms with van der Waals surface area (Å²) in [6.07, 6.45) is 6.33. The smallest absolute Gasteiger partial charge is 0.238 e. The van der Waals surface area contributed by atoms with Crippen LogP contribution in [-0.4, -0.2) is 35.1 Å². The lowest BCUT2D eigenvalue weighted by atomic mass is 9.94. The molecule has 8 heteroatoms. The molecule has 0 aliphatic heterocycles. The van der Waals surface area contributed by atoms with Crippen molar-refractivity contribution in [2.45, 2.75) is 38.1 Å². The van der Waals surface area contributed by atoms with Gasteiger partial charge in [-0.15, -0.1) is 0 Å². The van der Waals surface area contributed by atoms with E-state index in [-0.39, 0.29) is 5.91 Å². The van der Waals surface area contributed by atoms with Crippen molar-refractivity contribution in [2.75, 3.05) is 18.9 Å². The molecule has 0 atom stereocenters. The van der Waals surface area contributed by atoms with Crippen molar-refractivity contribution in [2.24, 2.45) is 0 Å². The zero-order chi connectivity index (χ0) is 21.3. The molecule has 2 aromatic carbocycles. The number of hydrogen-bond donors (Lipinski definition) is 2. The van der Waals surface area contributed by atoms with Crippen molar-refractivity contribution in [1.29, 1.82) is 0 Å². The third-order valence-corrected chi connectivity index (χ3v) is 4.88. The summed E-state index contributed by atoms with van der Waals surface area (Å²) < 4.78 is 32.7. The molecule has 1 aliphatic rings. The van der Waals surface area contributed by atoms with Gasteiger partial charge in [0.25, 0.3) is 0 Å². The number of halogens is 1. The number of carbonyl (C=O) groups excluding carboxylic acids is 1. The highest BCUT2D eigenvalue weighted by atomic mass is 35.7. The van der Waals surface area contributed by atoms with Gasteiger partial charge in [0, 0.05) is 17.3 Å². The average Bonchev–Trinajstić information content (AvgIpc) is 2.68. The van der Waals surface area contributed by atoms with Gasteiger partial charge in [0.05, 0.1) is 21.4 Å². The van der Waals surface area contributed by atoms with Gasteiger partial charge in [-0.3, -0.25) is 9.69 Å². The highest BCUT2D eigenvalue weighted by Gasteiger charge is 2.20. The number of amides is 1. The molecular formula is C21H27ClN2O5. The fourth-order valence-corrected chi connectivity index (χ4v) is 3.53. The number of rotatable bonds is 5. The summed E-state index contributed by atoms with van der Waals surface area (Å²) in [6, 6.07) is 18.7. The molecular weight excluding hydrogens is 396 g/mol. The van der Waals surface area contributed by atoms with E-state index in [1.54, 1.807) is 0 Å². The summed E-state index contributed by atoms with van der Waals surface area (Å²) in [6.45, 7) is 0.452. The fraction of sp³-hybridized carbons (Fsp3) is 0.381. The van der Waals surface area contributed by atoms with E-state index < -0.39 is 10.2 Å². The molecule has 0 heterocycles. The molecule has 158 valence electrons. The van der Waals surface area contributed by atoms with Crippen molar-refractivity contribution in [3.05, 3.63) is 54.6 Å². The Morgan fingerprint density at radius 3 is 2.21 bits per heavy atom. The normalized spacial score (nSPS) is 14.8. The number of hydrogen-bond acceptors (Lipinski definition) is 6. The number of benzene rings is 2. The molecule has 1 saturated carbocycles. The molecule has 0 aromatic heterocycles. The molecule has 0 spiro atoms. The third-order valence-electron chi connectivity index (χ3n) is 4.88. The largest absolute Gasteiger partial charge is 0.324 e. The second-order valence-electron chi connectivity index (χ2n) is 7.06. The first-order valence-electron chi connectivity index (χ1n) is 9.52. The minimum absolute atomic E-state index is 0.0615. The van der Waals surface area contributed by atoms with Crippen LogP contribution >= 0.6 is 0 Å². The van der Waals surface area contributed by atoms with Crippen LogP contribution in [0.2, 0.25) is 0 Å². The molecule has 3 rings (SSSR count). The monoisotopic (exact) mass is 422 g/mol. The molecule has 1 fully saturated rings. The molecule has 0 radical (unpaired) electrons. The fourth-order valence-electron chi connectivity index (χ4n) is 3.53. The maximum Gasteiger partial charge on any atom is 0.238 e. The number of para-hydroxylation sites is 1. The van der Waals surface area contributed by atoms with E-state index in [2.05, 4.69) is 35.5 Å². The predicted octanol–water partition coefficient (Wildman–Crippen LogP) is 0.433. The van der Waals surface area contributed by atoms with Crippen molar-refractivity contribution in [3.63, 3.8) is 0 Å². The van der Waals surface area contributed by atoms with Crippen LogP contribution in [0.1, 0.15) is 32.1 Å². The highest BCUT2D eigenvalue weighted by molar-refractivity contribution is 5.96. The van der Waals surface area contributed by atoms with Gasteiger partial charge in [0.2, 0.25) is 5.91 Å². The van der Waals surface area contributed by atoms with Crippen molar-refractivity contribution in [3.8, 4) is 11.1 Å². The SMILES string of the molecule is CN(CC(=O)Nc1ccccc1-c1ccccc1)C1CCCCC1.[O-][Cl+3]([O-])([O-])O. The zero-order valence-electron chi connectivity index (χ0n) is 16.4. The van der Waals surface area contributed by atoms with E-state index in [0.717, 1.165) is 16.8 Å². The summed E-state index contributed by atoms with van der Waals surface area (Å²) >= 11 is 0. The Bertz CT molecular complexity index is 755. The van der Waals surface area contributed by atoms with Gasteiger partial charge in [-0.05, 0) is 31.5 Å². The van der Waals surface area contributed by atoms with Crippen LogP contribution < -0.4 is 19.3 Å². The van der Waals surface area contributed by atoms with Crippen LogP contribution in [0, 0.1) is 10.2 Å². The van der Waals surface area contributed by atoms with E-state index in [4.69, 9.17) is 18.6 Å². The first-order valence-corrected chi connectivity index (χ1v) is 10.8. The Labute approximate surface area is 173 Å². The van der Waals surface area contributed by atoms with Gasteiger partial charge in [0.1, 0.15) is 0 Å². The molecule has 1 aliphatic carbocycles. The van der Waals surface area contributed by atoms with Crippen LogP contribution in [0.5, 0.6) is 0 Å². The minimum Gasteiger partial charge on any atom is -0.324 e. The maximum absolute atomic E-state index is 12.5. The van der Waals surface area contributed by atoms with E-state index >= 15 is 0 Å². The standard InChI is InChI=1S/C21H26N2O.ClHO4/c1-23(18-12-6-3-7-13-18)16-21(24)22-20-15-9-8-14-19(20)17-10-4-2-5-11-17;2-1(3,4)5/h2,4-5,8-11,14-15,18H,3,6-7,12-13,16H2,1H3,(H,22,24);(H,2,3,4,5). The Kier molecular flexibility index (Phi) is 9.03. The number of carbonyl (C=O) groups is 1. The second-order valence-corrected chi connectivity index (χ2v) is 7.85. The average molecular weight is 423 g/mol. The molecule has 29 heavy (non-hydrogen) atoms. The van der Waals surface area contributed by atoms with Gasteiger partial charge < -0.3 is 5.32 Å². The molecule has 2 aromatic rings. The highest BCUT2D eigenvalue weighted by Crippen LogP contribution is 2.27. The number of nitrogens with one attached hydrogen (secondary N) is 1. The molecule has 0 saturated heterocycles. The lowest BCUT2D eigenvalue weighted by Crippen LogP contribution is -2.58. The summed E-state index contributed by atoms with van der Waals surface area (Å²) in [5.74, 6) is 0.0615. The minimum atomic E-state index is -4.69. The van der Waals surface area contributed by atoms with Gasteiger partial charge in [-0.25, -0.2) is 0 Å². The van der Waals surface area contributed by atoms with Crippen LogP contribution in [0.15, 0.2) is 54.6 Å². The van der Waals surface area contributed by atoms with Gasteiger partial charge in [-0.2, -0.15) is 14.0 Å². The Hall–Kier alpha value is -2.00. The molecule has 2 N–H and O–H groups in total. The van der Waals surface area contributed by atoms with Crippen molar-refractivity contribution < 1.29 is 33.7 Å².